The fourth-order valence-corrected chi connectivity index (χ4v) is 2.81. The smallest absolute Gasteiger partial charge is 0.208 e. The van der Waals surface area contributed by atoms with Gasteiger partial charge in [0.15, 0.2) is 11.5 Å². The van der Waals surface area contributed by atoms with Crippen LogP contribution >= 0.6 is 0 Å². The number of hydrogen-bond donors (Lipinski definition) is 1. The van der Waals surface area contributed by atoms with Crippen LogP contribution in [0.25, 0.3) is 0 Å². The van der Waals surface area contributed by atoms with E-state index in [1.165, 1.54) is 0 Å². The molecule has 1 atom stereocenters. The number of sulfonamides is 1. The molecule has 3 rings (SSSR count). The van der Waals surface area contributed by atoms with Gasteiger partial charge >= 0.3 is 0 Å². The number of hydrogen-bond acceptors (Lipinski definition) is 4. The normalized spacial score (nSPS) is 39.0. The number of carbonyl (C=O) groups excluding carboxylic acids is 1. The first-order valence-electron chi connectivity index (χ1n) is 5.24. The Morgan fingerprint density at radius 2 is 2.06 bits per heavy atom. The first kappa shape index (κ1) is 11.9. The first-order valence-corrected chi connectivity index (χ1v) is 7.13. The molecule has 5 nitrogen and oxygen atoms in total. The highest BCUT2D eigenvalue weighted by atomic mass is 32.2. The second kappa shape index (κ2) is 3.75. The van der Waals surface area contributed by atoms with Gasteiger partial charge in [0.2, 0.25) is 10.0 Å². The molecule has 2 bridgehead atoms. The van der Waals surface area contributed by atoms with Gasteiger partial charge < -0.3 is 0 Å². The van der Waals surface area contributed by atoms with E-state index in [9.17, 15) is 17.6 Å². The maximum Gasteiger partial charge on any atom is 0.208 e. The number of halogens is 1. The Labute approximate surface area is 94.0 Å². The van der Waals surface area contributed by atoms with Crippen molar-refractivity contribution in [2.24, 2.45) is 0 Å². The Balaban J connectivity index is 2.08. The van der Waals surface area contributed by atoms with Gasteiger partial charge in [-0.3, -0.25) is 9.69 Å². The molecule has 3 saturated heterocycles. The van der Waals surface area contributed by atoms with Gasteiger partial charge in [0.05, 0.1) is 12.3 Å². The van der Waals surface area contributed by atoms with E-state index in [2.05, 4.69) is 4.72 Å². The molecule has 0 aromatic rings. The third kappa shape index (κ3) is 2.11. The number of piperidine rings is 3. The highest BCUT2D eigenvalue weighted by molar-refractivity contribution is 7.88. The van der Waals surface area contributed by atoms with Crippen molar-refractivity contribution in [3.63, 3.8) is 0 Å². The van der Waals surface area contributed by atoms with Gasteiger partial charge in [-0.05, 0) is 0 Å². The molecular formula is C9H15FN2O3S. The molecule has 1 N–H and O–H groups in total. The average Bonchev–Trinajstić information content (AvgIpc) is 2.18. The number of nitrogens with one attached hydrogen (secondary N) is 1. The minimum absolute atomic E-state index is 0.0245. The fourth-order valence-electron chi connectivity index (χ4n) is 2.35. The van der Waals surface area contributed by atoms with Gasteiger partial charge in [-0.2, -0.15) is 0 Å². The molecule has 92 valence electrons. The Kier molecular flexibility index (Phi) is 2.80. The Morgan fingerprint density at radius 1 is 1.50 bits per heavy atom. The Morgan fingerprint density at radius 3 is 2.56 bits per heavy atom. The van der Waals surface area contributed by atoms with E-state index in [-0.39, 0.29) is 19.4 Å². The quantitative estimate of drug-likeness (QED) is 0.718. The van der Waals surface area contributed by atoms with Gasteiger partial charge in [0.1, 0.15) is 0 Å². The van der Waals surface area contributed by atoms with E-state index in [1.807, 2.05) is 4.90 Å². The molecule has 0 aliphatic carbocycles. The molecule has 0 saturated carbocycles. The van der Waals surface area contributed by atoms with Crippen molar-refractivity contribution in [3.05, 3.63) is 0 Å². The van der Waals surface area contributed by atoms with Crippen molar-refractivity contribution >= 4 is 15.8 Å². The van der Waals surface area contributed by atoms with Crippen LogP contribution in [0.3, 0.4) is 0 Å². The molecule has 0 aromatic carbocycles. The first-order chi connectivity index (χ1) is 7.32. The van der Waals surface area contributed by atoms with Crippen molar-refractivity contribution in [2.75, 3.05) is 25.9 Å². The molecular weight excluding hydrogens is 235 g/mol. The van der Waals surface area contributed by atoms with Crippen molar-refractivity contribution in [1.29, 1.82) is 0 Å². The van der Waals surface area contributed by atoms with Crippen molar-refractivity contribution < 1.29 is 17.6 Å². The van der Waals surface area contributed by atoms with Crippen LogP contribution in [0, 0.1) is 0 Å². The van der Waals surface area contributed by atoms with Gasteiger partial charge in [0, 0.05) is 32.5 Å². The number of ketones is 1. The molecule has 0 radical (unpaired) electrons. The van der Waals surface area contributed by atoms with Gasteiger partial charge in [-0.15, -0.1) is 0 Å². The summed E-state index contributed by atoms with van der Waals surface area (Å²) in [5, 5.41) is 0. The molecule has 7 heteroatoms. The maximum absolute atomic E-state index is 14.0. The number of fused-ring (bicyclic) bond motifs is 3. The summed E-state index contributed by atoms with van der Waals surface area (Å²) in [4.78, 5) is 13.6. The predicted octanol–water partition coefficient (Wildman–Crippen LogP) is -0.709. The Bertz CT molecular complexity index is 401. The second-order valence-electron chi connectivity index (χ2n) is 4.50. The molecule has 16 heavy (non-hydrogen) atoms. The lowest BCUT2D eigenvalue weighted by molar-refractivity contribution is -0.149. The van der Waals surface area contributed by atoms with E-state index in [0.717, 1.165) is 6.26 Å². The van der Waals surface area contributed by atoms with Crippen molar-refractivity contribution in [3.8, 4) is 0 Å². The number of carbonyl (C=O) groups is 1. The van der Waals surface area contributed by atoms with Crippen LogP contribution in [0.15, 0.2) is 0 Å². The van der Waals surface area contributed by atoms with Crippen molar-refractivity contribution in [1.82, 2.24) is 9.62 Å². The lowest BCUT2D eigenvalue weighted by Crippen LogP contribution is -2.65. The number of nitrogens with zero attached hydrogens (tertiary/aromatic N) is 1. The lowest BCUT2D eigenvalue weighted by atomic mass is 9.79. The number of Topliss-reactive ketones (excluding diaryl/α,β-unsaturated/α-hetero) is 1. The summed E-state index contributed by atoms with van der Waals surface area (Å²) in [6.07, 6.45) is 1.50. The zero-order chi connectivity index (χ0) is 12.0. The molecule has 0 spiro atoms. The lowest BCUT2D eigenvalue weighted by Gasteiger charge is -2.47. The second-order valence-corrected chi connectivity index (χ2v) is 6.33. The number of alkyl halides is 1. The molecule has 3 heterocycles. The highest BCUT2D eigenvalue weighted by Gasteiger charge is 2.52. The molecule has 0 amide bonds. The number of rotatable bonds is 3. The van der Waals surface area contributed by atoms with Gasteiger partial charge in [0.25, 0.3) is 0 Å². The van der Waals surface area contributed by atoms with Crippen LogP contribution < -0.4 is 4.72 Å². The summed E-state index contributed by atoms with van der Waals surface area (Å²) in [6.45, 7) is 1.03. The summed E-state index contributed by atoms with van der Waals surface area (Å²) in [5.41, 5.74) is -1.72. The van der Waals surface area contributed by atoms with Crippen molar-refractivity contribution in [2.45, 2.75) is 24.6 Å². The summed E-state index contributed by atoms with van der Waals surface area (Å²) >= 11 is 0. The highest BCUT2D eigenvalue weighted by Crippen LogP contribution is 2.35. The summed E-state index contributed by atoms with van der Waals surface area (Å²) in [7, 11) is -3.33. The zero-order valence-electron chi connectivity index (χ0n) is 9.07. The summed E-state index contributed by atoms with van der Waals surface area (Å²) < 4.78 is 38.2. The minimum Gasteiger partial charge on any atom is -0.294 e. The van der Waals surface area contributed by atoms with Crippen LogP contribution in [-0.4, -0.2) is 56.7 Å². The van der Waals surface area contributed by atoms with Crippen LogP contribution in [-0.2, 0) is 14.8 Å². The van der Waals surface area contributed by atoms with Gasteiger partial charge in [-0.25, -0.2) is 17.5 Å². The molecule has 3 fully saturated rings. The summed E-state index contributed by atoms with van der Waals surface area (Å²) in [5.74, 6) is -0.471. The van der Waals surface area contributed by atoms with Crippen LogP contribution in [0.2, 0.25) is 0 Å². The largest absolute Gasteiger partial charge is 0.294 e. The maximum atomic E-state index is 14.0. The predicted molar refractivity (Wildman–Crippen MR) is 56.3 cm³/mol. The molecule has 0 aromatic heterocycles. The standard InChI is InChI=1S/C9H15FN2O3S/c1-16(14,15)11-6-7-8(13)9(10)2-4-12(7)5-3-9/h7,11H,2-6H2,1H3. The molecule has 3 aliphatic heterocycles. The van der Waals surface area contributed by atoms with Crippen LogP contribution in [0.1, 0.15) is 12.8 Å². The fraction of sp³-hybridized carbons (Fsp3) is 0.889. The third-order valence-electron chi connectivity index (χ3n) is 3.31. The van der Waals surface area contributed by atoms with E-state index >= 15 is 0 Å². The monoisotopic (exact) mass is 250 g/mol. The SMILES string of the molecule is CS(=O)(=O)NCC1C(=O)C2(F)CCN1CC2. The molecule has 3 aliphatic rings. The van der Waals surface area contributed by atoms with Crippen LogP contribution in [0.4, 0.5) is 4.39 Å². The molecule has 1 unspecified atom stereocenters. The third-order valence-corrected chi connectivity index (χ3v) is 4.01. The Hall–Kier alpha value is -0.530. The van der Waals surface area contributed by atoms with E-state index in [1.54, 1.807) is 0 Å². The zero-order valence-corrected chi connectivity index (χ0v) is 9.89. The van der Waals surface area contributed by atoms with E-state index in [0.29, 0.717) is 13.1 Å². The topological polar surface area (TPSA) is 66.5 Å². The summed E-state index contributed by atoms with van der Waals surface area (Å²) in [6, 6.07) is -0.637. The average molecular weight is 250 g/mol. The van der Waals surface area contributed by atoms with Gasteiger partial charge in [-0.1, -0.05) is 0 Å². The van der Waals surface area contributed by atoms with E-state index in [4.69, 9.17) is 0 Å². The minimum atomic E-state index is -3.33. The van der Waals surface area contributed by atoms with E-state index < -0.39 is 27.5 Å². The van der Waals surface area contributed by atoms with Crippen LogP contribution in [0.5, 0.6) is 0 Å².